The molecule has 0 N–H and O–H groups in total. The molecular weight excluding hydrogens is 401 g/mol. The molecule has 0 saturated heterocycles. The Morgan fingerprint density at radius 1 is 1.29 bits per heavy atom. The third-order valence-electron chi connectivity index (χ3n) is 4.26. The molecular formula is C15H20INO3S. The van der Waals surface area contributed by atoms with Gasteiger partial charge in [0.2, 0.25) is 5.69 Å². The second-order valence-corrected chi connectivity index (χ2v) is 8.76. The smallest absolute Gasteiger partial charge is 0.209 e. The Balaban J connectivity index is 2.18. The predicted octanol–water partition coefficient (Wildman–Crippen LogP) is 3.01. The van der Waals surface area contributed by atoms with Gasteiger partial charge in [-0.3, -0.25) is 0 Å². The van der Waals surface area contributed by atoms with E-state index in [1.807, 2.05) is 0 Å². The van der Waals surface area contributed by atoms with Gasteiger partial charge < -0.3 is 4.55 Å². The Morgan fingerprint density at radius 2 is 1.95 bits per heavy atom. The summed E-state index contributed by atoms with van der Waals surface area (Å²) in [6.45, 7) is 7.29. The molecule has 0 atom stereocenters. The van der Waals surface area contributed by atoms with Crippen molar-refractivity contribution in [1.29, 1.82) is 0 Å². The molecule has 116 valence electrons. The molecule has 1 heterocycles. The first-order valence-corrected chi connectivity index (χ1v) is 9.64. The van der Waals surface area contributed by atoms with Gasteiger partial charge in [0, 0.05) is 34.3 Å². The van der Waals surface area contributed by atoms with E-state index in [-0.39, 0.29) is 11.2 Å². The van der Waals surface area contributed by atoms with Gasteiger partial charge in [0.1, 0.15) is 6.54 Å². The quantitative estimate of drug-likeness (QED) is 0.318. The summed E-state index contributed by atoms with van der Waals surface area (Å²) < 4.78 is 35.4. The van der Waals surface area contributed by atoms with Crippen LogP contribution < -0.4 is 0 Å². The van der Waals surface area contributed by atoms with Crippen molar-refractivity contribution in [3.05, 3.63) is 27.3 Å². The first-order valence-electron chi connectivity index (χ1n) is 6.98. The van der Waals surface area contributed by atoms with Crippen LogP contribution in [0.15, 0.2) is 18.2 Å². The number of benzene rings is 1. The van der Waals surface area contributed by atoms with Crippen LogP contribution >= 0.6 is 22.6 Å². The topological polar surface area (TPSA) is 60.2 Å². The van der Waals surface area contributed by atoms with Gasteiger partial charge in [-0.15, -0.1) is 0 Å². The first-order chi connectivity index (χ1) is 9.63. The van der Waals surface area contributed by atoms with Gasteiger partial charge in [-0.2, -0.15) is 4.58 Å². The second-order valence-electron chi connectivity index (χ2n) is 5.99. The molecule has 6 heteroatoms. The van der Waals surface area contributed by atoms with Crippen LogP contribution in [0.5, 0.6) is 0 Å². The summed E-state index contributed by atoms with van der Waals surface area (Å²) in [6, 6.07) is 6.42. The molecule has 2 rings (SSSR count). The number of rotatable bonds is 5. The van der Waals surface area contributed by atoms with Crippen LogP contribution in [0.3, 0.4) is 0 Å². The van der Waals surface area contributed by atoms with Crippen LogP contribution in [0.1, 0.15) is 39.2 Å². The summed E-state index contributed by atoms with van der Waals surface area (Å²) in [5, 5.41) is 0. The molecule has 0 bridgehead atoms. The second kappa shape index (κ2) is 5.96. The largest absolute Gasteiger partial charge is 0.748 e. The maximum atomic E-state index is 10.7. The van der Waals surface area contributed by atoms with E-state index in [4.69, 9.17) is 0 Å². The van der Waals surface area contributed by atoms with Gasteiger partial charge >= 0.3 is 0 Å². The van der Waals surface area contributed by atoms with Gasteiger partial charge in [0.25, 0.3) is 0 Å². The monoisotopic (exact) mass is 421 g/mol. The van der Waals surface area contributed by atoms with E-state index >= 15 is 0 Å². The zero-order valence-corrected chi connectivity index (χ0v) is 15.5. The molecule has 0 saturated carbocycles. The van der Waals surface area contributed by atoms with Crippen LogP contribution in [0.2, 0.25) is 0 Å². The number of fused-ring (bicyclic) bond motifs is 1. The van der Waals surface area contributed by atoms with E-state index in [9.17, 15) is 13.0 Å². The van der Waals surface area contributed by atoms with Gasteiger partial charge in [0.05, 0.1) is 15.5 Å². The van der Waals surface area contributed by atoms with Crippen molar-refractivity contribution in [1.82, 2.24) is 0 Å². The van der Waals surface area contributed by atoms with Gasteiger partial charge in [-0.05, 0) is 55.0 Å². The number of hydrogen-bond acceptors (Lipinski definition) is 3. The summed E-state index contributed by atoms with van der Waals surface area (Å²) >= 11 is 2.32. The molecule has 0 radical (unpaired) electrons. The average molecular weight is 421 g/mol. The highest BCUT2D eigenvalue weighted by Gasteiger charge is 2.42. The van der Waals surface area contributed by atoms with Crippen LogP contribution in [-0.2, 0) is 15.5 Å². The molecule has 0 amide bonds. The van der Waals surface area contributed by atoms with Crippen molar-refractivity contribution in [3.63, 3.8) is 0 Å². The van der Waals surface area contributed by atoms with E-state index in [2.05, 4.69) is 66.1 Å². The van der Waals surface area contributed by atoms with Crippen LogP contribution in [-0.4, -0.2) is 35.6 Å². The molecule has 1 aliphatic heterocycles. The van der Waals surface area contributed by atoms with Crippen molar-refractivity contribution in [2.75, 3.05) is 12.3 Å². The summed E-state index contributed by atoms with van der Waals surface area (Å²) in [6.07, 6.45) is 1.11. The molecule has 0 spiro atoms. The highest BCUT2D eigenvalue weighted by Crippen LogP contribution is 2.40. The minimum Gasteiger partial charge on any atom is -0.748 e. The fraction of sp³-hybridized carbons (Fsp3) is 0.533. The number of nitrogens with zero attached hydrogens (tertiary/aromatic N) is 1. The molecule has 1 aromatic rings. The van der Waals surface area contributed by atoms with Crippen LogP contribution in [0.4, 0.5) is 5.69 Å². The summed E-state index contributed by atoms with van der Waals surface area (Å²) in [7, 11) is -4.10. The fourth-order valence-electron chi connectivity index (χ4n) is 2.79. The fourth-order valence-corrected chi connectivity index (χ4v) is 3.84. The Morgan fingerprint density at radius 3 is 2.57 bits per heavy atom. The summed E-state index contributed by atoms with van der Waals surface area (Å²) in [4.78, 5) is 0. The zero-order valence-electron chi connectivity index (χ0n) is 12.5. The third kappa shape index (κ3) is 3.65. The van der Waals surface area contributed by atoms with Crippen LogP contribution in [0, 0.1) is 3.57 Å². The predicted molar refractivity (Wildman–Crippen MR) is 91.5 cm³/mol. The molecule has 0 aromatic heterocycles. The van der Waals surface area contributed by atoms with Crippen LogP contribution in [0.25, 0.3) is 0 Å². The minimum absolute atomic E-state index is 0.0128. The van der Waals surface area contributed by atoms with Gasteiger partial charge in [0.15, 0.2) is 5.71 Å². The molecule has 0 unspecified atom stereocenters. The molecule has 0 aliphatic carbocycles. The Labute approximate surface area is 140 Å². The van der Waals surface area contributed by atoms with E-state index in [1.165, 1.54) is 20.5 Å². The lowest BCUT2D eigenvalue weighted by molar-refractivity contribution is -0.439. The number of halogens is 1. The third-order valence-corrected chi connectivity index (χ3v) is 5.72. The lowest BCUT2D eigenvalue weighted by Gasteiger charge is -2.14. The van der Waals surface area contributed by atoms with Crippen molar-refractivity contribution in [2.45, 2.75) is 39.0 Å². The van der Waals surface area contributed by atoms with Crippen molar-refractivity contribution < 1.29 is 17.5 Å². The molecule has 4 nitrogen and oxygen atoms in total. The molecule has 0 fully saturated rings. The zero-order chi connectivity index (χ0) is 15.8. The van der Waals surface area contributed by atoms with E-state index in [0.717, 1.165) is 6.54 Å². The maximum absolute atomic E-state index is 10.7. The first kappa shape index (κ1) is 16.9. The average Bonchev–Trinajstić information content (AvgIpc) is 2.54. The Kier molecular flexibility index (Phi) is 4.80. The maximum Gasteiger partial charge on any atom is 0.209 e. The van der Waals surface area contributed by atoms with E-state index < -0.39 is 10.1 Å². The highest BCUT2D eigenvalue weighted by molar-refractivity contribution is 14.1. The minimum atomic E-state index is -4.10. The normalized spacial score (nSPS) is 17.2. The highest BCUT2D eigenvalue weighted by atomic mass is 127. The van der Waals surface area contributed by atoms with Crippen molar-refractivity contribution in [2.24, 2.45) is 0 Å². The van der Waals surface area contributed by atoms with Gasteiger partial charge in [-0.1, -0.05) is 0 Å². The summed E-state index contributed by atoms with van der Waals surface area (Å²) in [5.41, 5.74) is 3.76. The van der Waals surface area contributed by atoms with Gasteiger partial charge in [-0.25, -0.2) is 8.42 Å². The SMILES string of the molecule is CC1=[N+](CCCCS(=O)(=O)[O-])c2ccc(I)cc2C1(C)C. The summed E-state index contributed by atoms with van der Waals surface area (Å²) in [5.74, 6) is -0.275. The van der Waals surface area contributed by atoms with E-state index in [1.54, 1.807) is 0 Å². The molecule has 1 aromatic carbocycles. The van der Waals surface area contributed by atoms with E-state index in [0.29, 0.717) is 12.8 Å². The number of unbranched alkanes of at least 4 members (excludes halogenated alkanes) is 1. The Bertz CT molecular complexity index is 693. The molecule has 1 aliphatic rings. The standard InChI is InChI=1S/C15H20INO3S/c1-11-15(2,3)13-10-12(16)6-7-14(13)17(11)8-4-5-9-21(18,19)20/h6-7,10H,4-5,8-9H2,1-3H3. The van der Waals surface area contributed by atoms with Crippen molar-refractivity contribution in [3.8, 4) is 0 Å². The molecule has 21 heavy (non-hydrogen) atoms. The lowest BCUT2D eigenvalue weighted by atomic mass is 9.82. The Hall–Kier alpha value is -0.470. The number of hydrogen-bond donors (Lipinski definition) is 0. The van der Waals surface area contributed by atoms with Crippen molar-refractivity contribution >= 4 is 44.1 Å². The lowest BCUT2D eigenvalue weighted by Crippen LogP contribution is -2.26.